The molecule has 0 unspecified atom stereocenters. The number of hydrogen-bond acceptors (Lipinski definition) is 1. The Balaban J connectivity index is 2.29. The lowest BCUT2D eigenvalue weighted by Gasteiger charge is -2.27. The van der Waals surface area contributed by atoms with Crippen molar-refractivity contribution in [2.45, 2.75) is 45.2 Å². The average Bonchev–Trinajstić information content (AvgIpc) is 2.05. The third-order valence-electron chi connectivity index (χ3n) is 2.83. The first-order valence-electron chi connectivity index (χ1n) is 4.56. The van der Waals surface area contributed by atoms with Crippen LogP contribution in [-0.2, 0) is 4.57 Å². The van der Waals surface area contributed by atoms with Crippen molar-refractivity contribution in [2.75, 3.05) is 0 Å². The molecule has 2 heteroatoms. The molecule has 1 rings (SSSR count). The highest BCUT2D eigenvalue weighted by molar-refractivity contribution is 7.24. The molecule has 0 aromatic rings. The van der Waals surface area contributed by atoms with Crippen LogP contribution in [0.1, 0.15) is 39.5 Å². The molecule has 1 aliphatic rings. The summed E-state index contributed by atoms with van der Waals surface area (Å²) >= 11 is 0. The maximum atomic E-state index is 10.5. The van der Waals surface area contributed by atoms with Gasteiger partial charge in [0.1, 0.15) is 0 Å². The van der Waals surface area contributed by atoms with E-state index in [0.29, 0.717) is 14.1 Å². The standard InChI is InChI=1S/C9H17OP/c1-7(2)8-3-5-9(11-10)6-4-8/h7-9H,3-6H2,1-2H3. The van der Waals surface area contributed by atoms with Gasteiger partial charge in [-0.05, 0) is 37.5 Å². The lowest BCUT2D eigenvalue weighted by atomic mass is 9.81. The van der Waals surface area contributed by atoms with Crippen molar-refractivity contribution in [2.24, 2.45) is 11.8 Å². The van der Waals surface area contributed by atoms with E-state index in [1.54, 1.807) is 0 Å². The highest BCUT2D eigenvalue weighted by atomic mass is 31.1. The Morgan fingerprint density at radius 3 is 2.09 bits per heavy atom. The van der Waals surface area contributed by atoms with Crippen molar-refractivity contribution in [3.05, 3.63) is 0 Å². The molecule has 0 saturated heterocycles. The summed E-state index contributed by atoms with van der Waals surface area (Å²) in [6, 6.07) is 0. The molecule has 0 aromatic carbocycles. The van der Waals surface area contributed by atoms with Crippen LogP contribution in [0.25, 0.3) is 0 Å². The molecule has 11 heavy (non-hydrogen) atoms. The van der Waals surface area contributed by atoms with Crippen LogP contribution in [-0.4, -0.2) is 5.66 Å². The zero-order valence-electron chi connectivity index (χ0n) is 7.42. The summed E-state index contributed by atoms with van der Waals surface area (Å²) in [5.74, 6) is 1.72. The van der Waals surface area contributed by atoms with Crippen molar-refractivity contribution in [1.29, 1.82) is 0 Å². The monoisotopic (exact) mass is 172 g/mol. The van der Waals surface area contributed by atoms with E-state index in [0.717, 1.165) is 11.8 Å². The zero-order chi connectivity index (χ0) is 8.27. The molecule has 1 saturated carbocycles. The lowest BCUT2D eigenvalue weighted by molar-refractivity contribution is 0.281. The third kappa shape index (κ3) is 2.56. The number of rotatable bonds is 2. The van der Waals surface area contributed by atoms with Gasteiger partial charge >= 0.3 is 0 Å². The Morgan fingerprint density at radius 2 is 1.73 bits per heavy atom. The van der Waals surface area contributed by atoms with Crippen molar-refractivity contribution >= 4 is 8.46 Å². The fourth-order valence-electron chi connectivity index (χ4n) is 1.87. The molecule has 0 heterocycles. The van der Waals surface area contributed by atoms with Gasteiger partial charge in [0.2, 0.25) is 0 Å². The van der Waals surface area contributed by atoms with Crippen LogP contribution >= 0.6 is 8.46 Å². The molecule has 0 aromatic heterocycles. The van der Waals surface area contributed by atoms with E-state index in [2.05, 4.69) is 13.8 Å². The molecular formula is C9H17OP. The summed E-state index contributed by atoms with van der Waals surface area (Å²) < 4.78 is 10.5. The van der Waals surface area contributed by atoms with E-state index < -0.39 is 0 Å². The van der Waals surface area contributed by atoms with Crippen molar-refractivity contribution in [3.63, 3.8) is 0 Å². The predicted molar refractivity (Wildman–Crippen MR) is 48.2 cm³/mol. The summed E-state index contributed by atoms with van der Waals surface area (Å²) in [6.07, 6.45) is 4.93. The van der Waals surface area contributed by atoms with Gasteiger partial charge in [-0.15, -0.1) is 0 Å². The molecule has 1 nitrogen and oxygen atoms in total. The van der Waals surface area contributed by atoms with Crippen molar-refractivity contribution in [1.82, 2.24) is 0 Å². The largest absolute Gasteiger partial charge is 0.275 e. The first kappa shape index (κ1) is 9.19. The Labute approximate surface area is 70.8 Å². The zero-order valence-corrected chi connectivity index (χ0v) is 8.31. The second-order valence-electron chi connectivity index (χ2n) is 3.92. The fraction of sp³-hybridized carbons (Fsp3) is 1.00. The van der Waals surface area contributed by atoms with E-state index in [1.807, 2.05) is 0 Å². The van der Waals surface area contributed by atoms with Crippen LogP contribution < -0.4 is 0 Å². The van der Waals surface area contributed by atoms with Crippen molar-refractivity contribution in [3.8, 4) is 0 Å². The van der Waals surface area contributed by atoms with Gasteiger partial charge in [-0.25, -0.2) is 0 Å². The summed E-state index contributed by atoms with van der Waals surface area (Å²) in [7, 11) is 0.375. The Bertz CT molecular complexity index is 126. The van der Waals surface area contributed by atoms with E-state index in [9.17, 15) is 4.57 Å². The SMILES string of the molecule is CC(C)C1CCC(P=O)CC1. The minimum atomic E-state index is 0.375. The van der Waals surface area contributed by atoms with Gasteiger partial charge in [0.05, 0.1) is 0 Å². The molecule has 0 bridgehead atoms. The Kier molecular flexibility index (Phi) is 3.51. The summed E-state index contributed by atoms with van der Waals surface area (Å²) in [5, 5.41) is 0. The highest BCUT2D eigenvalue weighted by Gasteiger charge is 2.22. The number of hydrogen-bond donors (Lipinski definition) is 0. The van der Waals surface area contributed by atoms with Crippen molar-refractivity contribution < 1.29 is 4.57 Å². The summed E-state index contributed by atoms with van der Waals surface area (Å²) in [6.45, 7) is 4.58. The summed E-state index contributed by atoms with van der Waals surface area (Å²) in [5.41, 5.74) is 0.477. The van der Waals surface area contributed by atoms with E-state index in [1.165, 1.54) is 25.7 Å². The van der Waals surface area contributed by atoms with Gasteiger partial charge < -0.3 is 0 Å². The van der Waals surface area contributed by atoms with Gasteiger partial charge in [0.25, 0.3) is 0 Å². The predicted octanol–water partition coefficient (Wildman–Crippen LogP) is 3.49. The van der Waals surface area contributed by atoms with Gasteiger partial charge in [0, 0.05) is 5.66 Å². The van der Waals surface area contributed by atoms with E-state index in [4.69, 9.17) is 0 Å². The molecule has 0 aliphatic heterocycles. The molecular weight excluding hydrogens is 155 g/mol. The molecule has 64 valence electrons. The second-order valence-corrected chi connectivity index (χ2v) is 4.86. The molecule has 0 atom stereocenters. The molecule has 1 fully saturated rings. The molecule has 0 radical (unpaired) electrons. The smallest absolute Gasteiger partial charge is 0.158 e. The van der Waals surface area contributed by atoms with Crippen LogP contribution in [0.3, 0.4) is 0 Å². The third-order valence-corrected chi connectivity index (χ3v) is 3.65. The lowest BCUT2D eigenvalue weighted by Crippen LogP contribution is -2.18. The summed E-state index contributed by atoms with van der Waals surface area (Å²) in [4.78, 5) is 0. The molecule has 0 N–H and O–H groups in total. The molecule has 0 amide bonds. The average molecular weight is 172 g/mol. The molecule has 1 aliphatic carbocycles. The van der Waals surface area contributed by atoms with Crippen LogP contribution in [0.15, 0.2) is 0 Å². The van der Waals surface area contributed by atoms with Gasteiger partial charge in [0.15, 0.2) is 8.46 Å². The van der Waals surface area contributed by atoms with Crippen LogP contribution in [0.2, 0.25) is 0 Å². The minimum absolute atomic E-state index is 0.375. The fourth-order valence-corrected chi connectivity index (χ4v) is 2.38. The van der Waals surface area contributed by atoms with E-state index in [-0.39, 0.29) is 0 Å². The second kappa shape index (κ2) is 4.21. The van der Waals surface area contributed by atoms with E-state index >= 15 is 0 Å². The maximum absolute atomic E-state index is 10.5. The van der Waals surface area contributed by atoms with Crippen LogP contribution in [0, 0.1) is 11.8 Å². The van der Waals surface area contributed by atoms with Gasteiger partial charge in [-0.2, -0.15) is 0 Å². The quantitative estimate of drug-likeness (QED) is 0.582. The normalized spacial score (nSPS) is 33.0. The minimum Gasteiger partial charge on any atom is -0.275 e. The van der Waals surface area contributed by atoms with Crippen LogP contribution in [0.5, 0.6) is 0 Å². The first-order chi connectivity index (χ1) is 5.24. The van der Waals surface area contributed by atoms with Gasteiger partial charge in [-0.1, -0.05) is 13.8 Å². The Hall–Kier alpha value is 0.100. The first-order valence-corrected chi connectivity index (χ1v) is 5.44. The van der Waals surface area contributed by atoms with Gasteiger partial charge in [-0.3, -0.25) is 4.57 Å². The topological polar surface area (TPSA) is 17.1 Å². The molecule has 0 spiro atoms. The maximum Gasteiger partial charge on any atom is 0.158 e. The highest BCUT2D eigenvalue weighted by Crippen LogP contribution is 2.34. The Morgan fingerprint density at radius 1 is 1.18 bits per heavy atom. The van der Waals surface area contributed by atoms with Crippen LogP contribution in [0.4, 0.5) is 0 Å².